The number of hydrogen-bond donors (Lipinski definition) is 2. The Morgan fingerprint density at radius 2 is 2.31 bits per heavy atom. The first-order valence-corrected chi connectivity index (χ1v) is 5.17. The predicted molar refractivity (Wildman–Crippen MR) is 64.4 cm³/mol. The van der Waals surface area contributed by atoms with Gasteiger partial charge in [0.25, 0.3) is 0 Å². The molecule has 2 N–H and O–H groups in total. The molecular formula is C13H17NO2. The Bertz CT molecular complexity index is 401. The van der Waals surface area contributed by atoms with Crippen LogP contribution in [0.3, 0.4) is 0 Å². The molecule has 0 radical (unpaired) electrons. The largest absolute Gasteiger partial charge is 0.480 e. The number of nitrogens with one attached hydrogen (secondary N) is 1. The van der Waals surface area contributed by atoms with Gasteiger partial charge in [0, 0.05) is 6.54 Å². The van der Waals surface area contributed by atoms with Crippen molar-refractivity contribution in [2.75, 3.05) is 6.54 Å². The summed E-state index contributed by atoms with van der Waals surface area (Å²) < 4.78 is 0. The molecule has 0 saturated carbocycles. The third-order valence-corrected chi connectivity index (χ3v) is 2.62. The molecule has 0 aliphatic carbocycles. The van der Waals surface area contributed by atoms with Gasteiger partial charge in [0.15, 0.2) is 0 Å². The minimum Gasteiger partial charge on any atom is -0.480 e. The number of aryl methyl sites for hydroxylation is 1. The molecule has 3 heteroatoms. The van der Waals surface area contributed by atoms with E-state index in [4.69, 9.17) is 0 Å². The first-order chi connectivity index (χ1) is 7.50. The van der Waals surface area contributed by atoms with Gasteiger partial charge >= 0.3 is 5.97 Å². The Morgan fingerprint density at radius 3 is 2.81 bits per heavy atom. The van der Waals surface area contributed by atoms with Crippen molar-refractivity contribution in [3.8, 4) is 0 Å². The summed E-state index contributed by atoms with van der Waals surface area (Å²) in [7, 11) is 0. The molecule has 0 aliphatic heterocycles. The number of carboxylic acid groups (broad SMARTS) is 1. The van der Waals surface area contributed by atoms with Crippen LogP contribution in [0, 0.1) is 6.92 Å². The van der Waals surface area contributed by atoms with Crippen LogP contribution < -0.4 is 5.32 Å². The maximum absolute atomic E-state index is 11.3. The first-order valence-electron chi connectivity index (χ1n) is 5.17. The van der Waals surface area contributed by atoms with Gasteiger partial charge in [0.2, 0.25) is 0 Å². The summed E-state index contributed by atoms with van der Waals surface area (Å²) in [6, 6.07) is 7.50. The first kappa shape index (κ1) is 12.5. The van der Waals surface area contributed by atoms with Crippen molar-refractivity contribution in [3.63, 3.8) is 0 Å². The number of hydrogen-bond acceptors (Lipinski definition) is 2. The summed E-state index contributed by atoms with van der Waals surface area (Å²) in [4.78, 5) is 11.3. The molecular weight excluding hydrogens is 202 g/mol. The molecule has 1 rings (SSSR count). The minimum absolute atomic E-state index is 0.455. The molecule has 1 atom stereocenters. The van der Waals surface area contributed by atoms with Gasteiger partial charge in [-0.15, -0.1) is 6.58 Å². The van der Waals surface area contributed by atoms with E-state index in [1.807, 2.05) is 31.2 Å². The Hall–Kier alpha value is -1.61. The van der Waals surface area contributed by atoms with E-state index in [-0.39, 0.29) is 0 Å². The number of carboxylic acids is 1. The van der Waals surface area contributed by atoms with Gasteiger partial charge in [-0.2, -0.15) is 0 Å². The lowest BCUT2D eigenvalue weighted by molar-refractivity contribution is -0.144. The quantitative estimate of drug-likeness (QED) is 0.745. The molecule has 0 spiro atoms. The molecule has 0 saturated heterocycles. The van der Waals surface area contributed by atoms with Crippen LogP contribution in [0.15, 0.2) is 36.9 Å². The zero-order chi connectivity index (χ0) is 12.2. The highest BCUT2D eigenvalue weighted by Crippen LogP contribution is 2.21. The van der Waals surface area contributed by atoms with Crippen LogP contribution in [0.2, 0.25) is 0 Å². The van der Waals surface area contributed by atoms with E-state index < -0.39 is 11.5 Å². The van der Waals surface area contributed by atoms with Crippen LogP contribution in [0.1, 0.15) is 18.1 Å². The Kier molecular flexibility index (Phi) is 3.85. The lowest BCUT2D eigenvalue weighted by Gasteiger charge is -2.26. The summed E-state index contributed by atoms with van der Waals surface area (Å²) in [6.07, 6.45) is 1.65. The molecule has 16 heavy (non-hydrogen) atoms. The molecule has 1 aromatic rings. The van der Waals surface area contributed by atoms with Crippen molar-refractivity contribution in [2.24, 2.45) is 0 Å². The highest BCUT2D eigenvalue weighted by Gasteiger charge is 2.34. The third kappa shape index (κ3) is 2.49. The fourth-order valence-electron chi connectivity index (χ4n) is 1.53. The van der Waals surface area contributed by atoms with E-state index in [9.17, 15) is 9.90 Å². The predicted octanol–water partition coefficient (Wildman–Crippen LogP) is 2.07. The van der Waals surface area contributed by atoms with Gasteiger partial charge in [-0.25, -0.2) is 4.79 Å². The summed E-state index contributed by atoms with van der Waals surface area (Å²) in [5.74, 6) is -0.889. The van der Waals surface area contributed by atoms with Crippen LogP contribution in [0.25, 0.3) is 0 Å². The second-order valence-corrected chi connectivity index (χ2v) is 3.97. The standard InChI is InChI=1S/C13H17NO2/c1-4-8-14-13(3,12(15)16)11-7-5-6-10(2)9-11/h4-7,9,14H,1,8H2,2-3H3,(H,15,16). The summed E-state index contributed by atoms with van der Waals surface area (Å²) in [5.41, 5.74) is 0.729. The maximum atomic E-state index is 11.3. The van der Waals surface area contributed by atoms with Gasteiger partial charge in [-0.05, 0) is 19.4 Å². The normalized spacial score (nSPS) is 14.1. The fraction of sp³-hybridized carbons (Fsp3) is 0.308. The van der Waals surface area contributed by atoms with Gasteiger partial charge in [0.05, 0.1) is 0 Å². The van der Waals surface area contributed by atoms with Crippen molar-refractivity contribution in [1.82, 2.24) is 5.32 Å². The highest BCUT2D eigenvalue weighted by atomic mass is 16.4. The van der Waals surface area contributed by atoms with E-state index in [1.54, 1.807) is 13.0 Å². The Morgan fingerprint density at radius 1 is 1.62 bits per heavy atom. The van der Waals surface area contributed by atoms with Crippen LogP contribution >= 0.6 is 0 Å². The number of carbonyl (C=O) groups is 1. The average Bonchev–Trinajstić information content (AvgIpc) is 2.25. The molecule has 1 aromatic carbocycles. The monoisotopic (exact) mass is 219 g/mol. The average molecular weight is 219 g/mol. The van der Waals surface area contributed by atoms with Crippen LogP contribution in [0.5, 0.6) is 0 Å². The van der Waals surface area contributed by atoms with Crippen LogP contribution in [-0.4, -0.2) is 17.6 Å². The number of benzene rings is 1. The van der Waals surface area contributed by atoms with Crippen molar-refractivity contribution < 1.29 is 9.90 Å². The number of aliphatic carboxylic acids is 1. The van der Waals surface area contributed by atoms with Crippen LogP contribution in [0.4, 0.5) is 0 Å². The molecule has 0 heterocycles. The molecule has 0 amide bonds. The van der Waals surface area contributed by atoms with Crippen molar-refractivity contribution in [1.29, 1.82) is 0 Å². The third-order valence-electron chi connectivity index (χ3n) is 2.62. The van der Waals surface area contributed by atoms with E-state index >= 15 is 0 Å². The van der Waals surface area contributed by atoms with Crippen molar-refractivity contribution >= 4 is 5.97 Å². The van der Waals surface area contributed by atoms with Crippen LogP contribution in [-0.2, 0) is 10.3 Å². The van der Waals surface area contributed by atoms with Gasteiger partial charge < -0.3 is 5.11 Å². The molecule has 0 fully saturated rings. The lowest BCUT2D eigenvalue weighted by atomic mass is 9.91. The fourth-order valence-corrected chi connectivity index (χ4v) is 1.53. The van der Waals surface area contributed by atoms with Gasteiger partial charge in [0.1, 0.15) is 5.54 Å². The molecule has 0 bridgehead atoms. The molecule has 86 valence electrons. The Balaban J connectivity index is 3.10. The van der Waals surface area contributed by atoms with Crippen molar-refractivity contribution in [2.45, 2.75) is 19.4 Å². The molecule has 0 aromatic heterocycles. The maximum Gasteiger partial charge on any atom is 0.328 e. The molecule has 0 aliphatic rings. The zero-order valence-corrected chi connectivity index (χ0v) is 9.66. The topological polar surface area (TPSA) is 49.3 Å². The minimum atomic E-state index is -1.07. The van der Waals surface area contributed by atoms with E-state index in [1.165, 1.54) is 0 Å². The lowest BCUT2D eigenvalue weighted by Crippen LogP contribution is -2.46. The van der Waals surface area contributed by atoms with E-state index in [0.717, 1.165) is 11.1 Å². The molecule has 3 nitrogen and oxygen atoms in total. The van der Waals surface area contributed by atoms with Gasteiger partial charge in [-0.3, -0.25) is 5.32 Å². The second-order valence-electron chi connectivity index (χ2n) is 3.97. The van der Waals surface area contributed by atoms with Crippen molar-refractivity contribution in [3.05, 3.63) is 48.0 Å². The number of rotatable bonds is 5. The second kappa shape index (κ2) is 4.94. The van der Waals surface area contributed by atoms with Gasteiger partial charge in [-0.1, -0.05) is 35.9 Å². The summed E-state index contributed by atoms with van der Waals surface area (Å²) >= 11 is 0. The van der Waals surface area contributed by atoms with E-state index in [0.29, 0.717) is 6.54 Å². The van der Waals surface area contributed by atoms with E-state index in [2.05, 4.69) is 11.9 Å². The summed E-state index contributed by atoms with van der Waals surface area (Å²) in [5, 5.41) is 12.3. The summed E-state index contributed by atoms with van der Waals surface area (Å²) in [6.45, 7) is 7.64. The smallest absolute Gasteiger partial charge is 0.328 e. The highest BCUT2D eigenvalue weighted by molar-refractivity contribution is 5.80. The molecule has 1 unspecified atom stereocenters. The Labute approximate surface area is 95.8 Å². The SMILES string of the molecule is C=CCNC(C)(C(=O)O)c1cccc(C)c1. The zero-order valence-electron chi connectivity index (χ0n) is 9.66.